The van der Waals surface area contributed by atoms with Crippen LogP contribution in [0.2, 0.25) is 0 Å². The second-order valence-corrected chi connectivity index (χ2v) is 4.77. The SMILES string of the molecule is CCOC(=O)[C@H](CC(C)C)NC(=O)c1ccccc1. The summed E-state index contributed by atoms with van der Waals surface area (Å²) >= 11 is 0. The van der Waals surface area contributed by atoms with Gasteiger partial charge >= 0.3 is 5.97 Å². The first-order valence-corrected chi connectivity index (χ1v) is 6.57. The zero-order valence-corrected chi connectivity index (χ0v) is 11.7. The van der Waals surface area contributed by atoms with E-state index in [1.165, 1.54) is 0 Å². The van der Waals surface area contributed by atoms with E-state index in [1.807, 2.05) is 19.9 Å². The fourth-order valence-corrected chi connectivity index (χ4v) is 1.76. The number of hydrogen-bond acceptors (Lipinski definition) is 3. The predicted molar refractivity (Wildman–Crippen MR) is 73.8 cm³/mol. The van der Waals surface area contributed by atoms with Crippen LogP contribution in [0.15, 0.2) is 30.3 Å². The van der Waals surface area contributed by atoms with Crippen LogP contribution in [-0.2, 0) is 9.53 Å². The Labute approximate surface area is 114 Å². The third kappa shape index (κ3) is 5.12. The first kappa shape index (κ1) is 15.2. The Balaban J connectivity index is 2.71. The van der Waals surface area contributed by atoms with Gasteiger partial charge in [-0.25, -0.2) is 4.79 Å². The van der Waals surface area contributed by atoms with E-state index in [4.69, 9.17) is 4.74 Å². The maximum Gasteiger partial charge on any atom is 0.328 e. The van der Waals surface area contributed by atoms with E-state index < -0.39 is 6.04 Å². The standard InChI is InChI=1S/C15H21NO3/c1-4-19-15(18)13(10-11(2)3)16-14(17)12-8-6-5-7-9-12/h5-9,11,13H,4,10H2,1-3H3,(H,16,17)/t13-/m0/s1. The number of benzene rings is 1. The number of carbonyl (C=O) groups excluding carboxylic acids is 2. The van der Waals surface area contributed by atoms with Crippen molar-refractivity contribution in [1.82, 2.24) is 5.32 Å². The van der Waals surface area contributed by atoms with E-state index >= 15 is 0 Å². The maximum absolute atomic E-state index is 12.0. The van der Waals surface area contributed by atoms with Gasteiger partial charge in [0.1, 0.15) is 6.04 Å². The van der Waals surface area contributed by atoms with Gasteiger partial charge in [0, 0.05) is 5.56 Å². The smallest absolute Gasteiger partial charge is 0.328 e. The van der Waals surface area contributed by atoms with Gasteiger partial charge in [-0.3, -0.25) is 4.79 Å². The highest BCUT2D eigenvalue weighted by Gasteiger charge is 2.23. The van der Waals surface area contributed by atoms with Gasteiger partial charge < -0.3 is 10.1 Å². The van der Waals surface area contributed by atoms with Crippen molar-refractivity contribution >= 4 is 11.9 Å². The van der Waals surface area contributed by atoms with Gasteiger partial charge in [-0.2, -0.15) is 0 Å². The number of hydrogen-bond donors (Lipinski definition) is 1. The van der Waals surface area contributed by atoms with Crippen molar-refractivity contribution in [1.29, 1.82) is 0 Å². The molecular formula is C15H21NO3. The summed E-state index contributed by atoms with van der Waals surface area (Å²) in [5.74, 6) is -0.328. The number of carbonyl (C=O) groups is 2. The quantitative estimate of drug-likeness (QED) is 0.802. The number of ether oxygens (including phenoxy) is 1. The monoisotopic (exact) mass is 263 g/mol. The van der Waals surface area contributed by atoms with Crippen LogP contribution in [0.25, 0.3) is 0 Å². The average molecular weight is 263 g/mol. The van der Waals surface area contributed by atoms with Gasteiger partial charge in [0.2, 0.25) is 0 Å². The van der Waals surface area contributed by atoms with Gasteiger partial charge in [-0.1, -0.05) is 32.0 Å². The molecule has 0 saturated carbocycles. The van der Waals surface area contributed by atoms with Crippen LogP contribution in [0, 0.1) is 5.92 Å². The molecule has 19 heavy (non-hydrogen) atoms. The van der Waals surface area contributed by atoms with Crippen molar-refractivity contribution in [3.8, 4) is 0 Å². The van der Waals surface area contributed by atoms with Gasteiger partial charge in [-0.15, -0.1) is 0 Å². The van der Waals surface area contributed by atoms with Crippen LogP contribution in [0.4, 0.5) is 0 Å². The normalized spacial score (nSPS) is 12.0. The van der Waals surface area contributed by atoms with Crippen molar-refractivity contribution in [2.45, 2.75) is 33.2 Å². The van der Waals surface area contributed by atoms with E-state index in [2.05, 4.69) is 5.32 Å². The molecule has 0 radical (unpaired) electrons. The Morgan fingerprint density at radius 2 is 1.84 bits per heavy atom. The summed E-state index contributed by atoms with van der Waals surface area (Å²) < 4.78 is 4.99. The summed E-state index contributed by atoms with van der Waals surface area (Å²) in [6.45, 7) is 6.07. The lowest BCUT2D eigenvalue weighted by atomic mass is 10.0. The first-order valence-electron chi connectivity index (χ1n) is 6.57. The van der Waals surface area contributed by atoms with Crippen molar-refractivity contribution in [3.63, 3.8) is 0 Å². The molecule has 0 aliphatic carbocycles. The van der Waals surface area contributed by atoms with Crippen LogP contribution in [0.5, 0.6) is 0 Å². The minimum atomic E-state index is -0.590. The molecule has 4 nitrogen and oxygen atoms in total. The number of esters is 1. The third-order valence-corrected chi connectivity index (χ3v) is 2.62. The molecular weight excluding hydrogens is 242 g/mol. The third-order valence-electron chi connectivity index (χ3n) is 2.62. The van der Waals surface area contributed by atoms with Gasteiger partial charge in [0.05, 0.1) is 6.61 Å². The molecule has 1 amide bonds. The minimum absolute atomic E-state index is 0.251. The van der Waals surface area contributed by atoms with Crippen LogP contribution >= 0.6 is 0 Å². The molecule has 0 fully saturated rings. The molecule has 1 aromatic rings. The van der Waals surface area contributed by atoms with E-state index in [9.17, 15) is 9.59 Å². The molecule has 0 bridgehead atoms. The summed E-state index contributed by atoms with van der Waals surface area (Å²) in [7, 11) is 0. The molecule has 0 unspecified atom stereocenters. The highest BCUT2D eigenvalue weighted by Crippen LogP contribution is 2.08. The van der Waals surface area contributed by atoms with Crippen LogP contribution < -0.4 is 5.32 Å². The molecule has 1 rings (SSSR count). The lowest BCUT2D eigenvalue weighted by molar-refractivity contribution is -0.145. The fraction of sp³-hybridized carbons (Fsp3) is 0.467. The molecule has 0 aliphatic rings. The van der Waals surface area contributed by atoms with E-state index in [1.54, 1.807) is 31.2 Å². The van der Waals surface area contributed by atoms with Crippen LogP contribution in [0.1, 0.15) is 37.6 Å². The summed E-state index contributed by atoms with van der Waals surface area (Å²) in [5.41, 5.74) is 0.542. The molecule has 1 aromatic carbocycles. The van der Waals surface area contributed by atoms with Crippen molar-refractivity contribution in [2.24, 2.45) is 5.92 Å². The summed E-state index contributed by atoms with van der Waals surface area (Å²) in [6, 6.07) is 8.26. The Kier molecular flexibility index (Phi) is 6.06. The molecule has 0 saturated heterocycles. The van der Waals surface area contributed by atoms with E-state index in [0.717, 1.165) is 0 Å². The Morgan fingerprint density at radius 1 is 1.21 bits per heavy atom. The first-order chi connectivity index (χ1) is 9.04. The lowest BCUT2D eigenvalue weighted by Crippen LogP contribution is -2.42. The number of rotatable bonds is 6. The molecule has 0 aromatic heterocycles. The Hall–Kier alpha value is -1.84. The molecule has 104 valence electrons. The van der Waals surface area contributed by atoms with Gasteiger partial charge in [0.15, 0.2) is 0 Å². The molecule has 1 N–H and O–H groups in total. The summed E-state index contributed by atoms with van der Waals surface area (Å²) in [6.07, 6.45) is 0.567. The molecule has 0 spiro atoms. The van der Waals surface area contributed by atoms with Crippen molar-refractivity contribution in [2.75, 3.05) is 6.61 Å². The fourth-order valence-electron chi connectivity index (χ4n) is 1.76. The Morgan fingerprint density at radius 3 is 2.37 bits per heavy atom. The minimum Gasteiger partial charge on any atom is -0.464 e. The van der Waals surface area contributed by atoms with Gasteiger partial charge in [-0.05, 0) is 31.4 Å². The number of amides is 1. The zero-order valence-electron chi connectivity index (χ0n) is 11.7. The second kappa shape index (κ2) is 7.56. The van der Waals surface area contributed by atoms with Gasteiger partial charge in [0.25, 0.3) is 5.91 Å². The lowest BCUT2D eigenvalue weighted by Gasteiger charge is -2.19. The molecule has 0 heterocycles. The van der Waals surface area contributed by atoms with Crippen molar-refractivity contribution in [3.05, 3.63) is 35.9 Å². The summed E-state index contributed by atoms with van der Waals surface area (Å²) in [4.78, 5) is 23.8. The van der Waals surface area contributed by atoms with Crippen molar-refractivity contribution < 1.29 is 14.3 Å². The van der Waals surface area contributed by atoms with E-state index in [-0.39, 0.29) is 11.9 Å². The average Bonchev–Trinajstić information content (AvgIpc) is 2.38. The summed E-state index contributed by atoms with van der Waals surface area (Å²) in [5, 5.41) is 2.74. The number of nitrogens with one attached hydrogen (secondary N) is 1. The molecule has 0 aliphatic heterocycles. The highest BCUT2D eigenvalue weighted by molar-refractivity contribution is 5.96. The Bertz CT molecular complexity index is 415. The van der Waals surface area contributed by atoms with Crippen LogP contribution in [0.3, 0.4) is 0 Å². The second-order valence-electron chi connectivity index (χ2n) is 4.77. The largest absolute Gasteiger partial charge is 0.464 e. The predicted octanol–water partition coefficient (Wildman–Crippen LogP) is 2.39. The highest BCUT2D eigenvalue weighted by atomic mass is 16.5. The molecule has 4 heteroatoms. The molecule has 1 atom stereocenters. The van der Waals surface area contributed by atoms with Crippen LogP contribution in [-0.4, -0.2) is 24.5 Å². The maximum atomic E-state index is 12.0. The van der Waals surface area contributed by atoms with E-state index in [0.29, 0.717) is 24.5 Å². The topological polar surface area (TPSA) is 55.4 Å². The zero-order chi connectivity index (χ0) is 14.3.